The fourth-order valence-corrected chi connectivity index (χ4v) is 4.67. The SMILES string of the molecule is Cc1ccc(S(=O)(=O)N2CCC(C(=O)OCC(=O)c3ccc(F)c(F)c3)CC2)cc1. The van der Waals surface area contributed by atoms with E-state index in [2.05, 4.69) is 0 Å². The fourth-order valence-electron chi connectivity index (χ4n) is 3.20. The van der Waals surface area contributed by atoms with Crippen LogP contribution < -0.4 is 0 Å². The average molecular weight is 437 g/mol. The summed E-state index contributed by atoms with van der Waals surface area (Å²) in [7, 11) is -3.64. The van der Waals surface area contributed by atoms with Gasteiger partial charge >= 0.3 is 5.97 Å². The van der Waals surface area contributed by atoms with Crippen LogP contribution in [0.4, 0.5) is 8.78 Å². The third-order valence-electron chi connectivity index (χ3n) is 5.03. The summed E-state index contributed by atoms with van der Waals surface area (Å²) in [6.45, 7) is 1.59. The molecule has 0 atom stereocenters. The summed E-state index contributed by atoms with van der Waals surface area (Å²) in [6, 6.07) is 9.24. The number of rotatable bonds is 6. The quantitative estimate of drug-likeness (QED) is 0.513. The normalized spacial score (nSPS) is 15.7. The number of benzene rings is 2. The predicted molar refractivity (Wildman–Crippen MR) is 104 cm³/mol. The van der Waals surface area contributed by atoms with Gasteiger partial charge in [0.2, 0.25) is 10.0 Å². The van der Waals surface area contributed by atoms with E-state index in [0.29, 0.717) is 0 Å². The van der Waals surface area contributed by atoms with E-state index < -0.39 is 45.9 Å². The number of sulfonamides is 1. The highest BCUT2D eigenvalue weighted by molar-refractivity contribution is 7.89. The minimum absolute atomic E-state index is 0.0966. The van der Waals surface area contributed by atoms with Crippen LogP contribution in [-0.4, -0.2) is 44.2 Å². The maximum absolute atomic E-state index is 13.2. The smallest absolute Gasteiger partial charge is 0.309 e. The molecule has 6 nitrogen and oxygen atoms in total. The molecule has 1 aliphatic heterocycles. The summed E-state index contributed by atoms with van der Waals surface area (Å²) in [5, 5.41) is 0. The number of halogens is 2. The fraction of sp³-hybridized carbons (Fsp3) is 0.333. The van der Waals surface area contributed by atoms with E-state index in [1.807, 2.05) is 6.92 Å². The van der Waals surface area contributed by atoms with Crippen LogP contribution in [0.25, 0.3) is 0 Å². The monoisotopic (exact) mass is 437 g/mol. The Hall–Kier alpha value is -2.65. The van der Waals surface area contributed by atoms with Crippen LogP contribution in [0.1, 0.15) is 28.8 Å². The summed E-state index contributed by atoms with van der Waals surface area (Å²) in [4.78, 5) is 24.4. The molecule has 2 aromatic rings. The van der Waals surface area contributed by atoms with Gasteiger partial charge in [-0.15, -0.1) is 0 Å². The van der Waals surface area contributed by atoms with Crippen molar-refractivity contribution < 1.29 is 31.5 Å². The second-order valence-electron chi connectivity index (χ2n) is 7.15. The largest absolute Gasteiger partial charge is 0.457 e. The first kappa shape index (κ1) is 22.0. The summed E-state index contributed by atoms with van der Waals surface area (Å²) in [6.07, 6.45) is 0.534. The standard InChI is InChI=1S/C21H21F2NO5S/c1-14-2-5-17(6-3-14)30(27,28)24-10-8-15(9-11-24)21(26)29-13-20(25)16-4-7-18(22)19(23)12-16/h2-7,12,15H,8-11,13H2,1H3. The molecule has 1 saturated heterocycles. The number of aryl methyl sites for hydroxylation is 1. The molecule has 1 aliphatic rings. The van der Waals surface area contributed by atoms with Crippen LogP contribution in [0.2, 0.25) is 0 Å². The Bertz CT molecular complexity index is 1050. The number of piperidine rings is 1. The second kappa shape index (κ2) is 9.01. The Kier molecular flexibility index (Phi) is 6.62. The van der Waals surface area contributed by atoms with E-state index >= 15 is 0 Å². The van der Waals surface area contributed by atoms with Crippen molar-refractivity contribution in [3.05, 3.63) is 65.2 Å². The molecule has 0 unspecified atom stereocenters. The van der Waals surface area contributed by atoms with Gasteiger partial charge in [-0.2, -0.15) is 4.31 Å². The lowest BCUT2D eigenvalue weighted by molar-refractivity contribution is -0.148. The van der Waals surface area contributed by atoms with Crippen molar-refractivity contribution in [1.29, 1.82) is 0 Å². The molecule has 0 aromatic heterocycles. The Labute approximate surface area is 173 Å². The molecular formula is C21H21F2NO5S. The van der Waals surface area contributed by atoms with Crippen molar-refractivity contribution in [1.82, 2.24) is 4.31 Å². The van der Waals surface area contributed by atoms with Gasteiger partial charge < -0.3 is 4.74 Å². The number of ketones is 1. The van der Waals surface area contributed by atoms with Crippen molar-refractivity contribution in [2.75, 3.05) is 19.7 Å². The van der Waals surface area contributed by atoms with Crippen molar-refractivity contribution in [2.45, 2.75) is 24.7 Å². The Balaban J connectivity index is 1.53. The van der Waals surface area contributed by atoms with Crippen LogP contribution >= 0.6 is 0 Å². The molecule has 3 rings (SSSR count). The lowest BCUT2D eigenvalue weighted by atomic mass is 9.98. The van der Waals surface area contributed by atoms with Crippen LogP contribution in [0.3, 0.4) is 0 Å². The maximum atomic E-state index is 13.2. The number of ether oxygens (including phenoxy) is 1. The van der Waals surface area contributed by atoms with Gasteiger partial charge in [-0.05, 0) is 50.1 Å². The summed E-state index contributed by atoms with van der Waals surface area (Å²) in [5.74, 6) is -4.03. The van der Waals surface area contributed by atoms with Gasteiger partial charge in [0.15, 0.2) is 24.0 Å². The number of carbonyl (C=O) groups excluding carboxylic acids is 2. The molecule has 0 saturated carbocycles. The van der Waals surface area contributed by atoms with Gasteiger partial charge in [-0.25, -0.2) is 17.2 Å². The van der Waals surface area contributed by atoms with Crippen LogP contribution in [0, 0.1) is 24.5 Å². The highest BCUT2D eigenvalue weighted by atomic mass is 32.2. The maximum Gasteiger partial charge on any atom is 0.309 e. The molecule has 1 fully saturated rings. The van der Waals surface area contributed by atoms with Crippen molar-refractivity contribution in [3.8, 4) is 0 Å². The summed E-state index contributed by atoms with van der Waals surface area (Å²) < 4.78 is 57.9. The van der Waals surface area contributed by atoms with Crippen LogP contribution in [-0.2, 0) is 19.6 Å². The zero-order valence-electron chi connectivity index (χ0n) is 16.3. The number of hydrogen-bond donors (Lipinski definition) is 0. The lowest BCUT2D eigenvalue weighted by Crippen LogP contribution is -2.40. The van der Waals surface area contributed by atoms with Crippen LogP contribution in [0.5, 0.6) is 0 Å². The van der Waals surface area contributed by atoms with E-state index in [9.17, 15) is 26.8 Å². The molecule has 0 bridgehead atoms. The van der Waals surface area contributed by atoms with Crippen molar-refractivity contribution in [2.24, 2.45) is 5.92 Å². The molecule has 1 heterocycles. The average Bonchev–Trinajstić information content (AvgIpc) is 2.74. The van der Waals surface area contributed by atoms with Gasteiger partial charge in [-0.3, -0.25) is 9.59 Å². The first-order chi connectivity index (χ1) is 14.2. The van der Waals surface area contributed by atoms with Gasteiger partial charge in [0.1, 0.15) is 0 Å². The third-order valence-corrected chi connectivity index (χ3v) is 6.95. The van der Waals surface area contributed by atoms with E-state index in [1.165, 1.54) is 4.31 Å². The number of carbonyl (C=O) groups is 2. The minimum Gasteiger partial charge on any atom is -0.457 e. The first-order valence-corrected chi connectivity index (χ1v) is 10.8. The number of nitrogens with zero attached hydrogens (tertiary/aromatic N) is 1. The first-order valence-electron chi connectivity index (χ1n) is 9.40. The summed E-state index contributed by atoms with van der Waals surface area (Å²) in [5.41, 5.74) is 0.856. The Morgan fingerprint density at radius 2 is 1.67 bits per heavy atom. The van der Waals surface area contributed by atoms with Gasteiger partial charge in [0.25, 0.3) is 0 Å². The molecule has 0 N–H and O–H groups in total. The molecule has 0 radical (unpaired) electrons. The van der Waals surface area contributed by atoms with E-state index in [4.69, 9.17) is 4.74 Å². The topological polar surface area (TPSA) is 80.8 Å². The Morgan fingerprint density at radius 1 is 1.03 bits per heavy atom. The van der Waals surface area contributed by atoms with E-state index in [0.717, 1.165) is 23.8 Å². The molecule has 9 heteroatoms. The molecule has 0 spiro atoms. The summed E-state index contributed by atoms with van der Waals surface area (Å²) >= 11 is 0. The van der Waals surface area contributed by atoms with E-state index in [1.54, 1.807) is 24.3 Å². The van der Waals surface area contributed by atoms with Crippen molar-refractivity contribution in [3.63, 3.8) is 0 Å². The number of esters is 1. The predicted octanol–water partition coefficient (Wildman–Crippen LogP) is 3.10. The zero-order chi connectivity index (χ0) is 21.9. The second-order valence-corrected chi connectivity index (χ2v) is 9.09. The van der Waals surface area contributed by atoms with E-state index in [-0.39, 0.29) is 36.4 Å². The van der Waals surface area contributed by atoms with Gasteiger partial charge in [-0.1, -0.05) is 17.7 Å². The molecular weight excluding hydrogens is 416 g/mol. The highest BCUT2D eigenvalue weighted by Crippen LogP contribution is 2.25. The molecule has 0 aliphatic carbocycles. The number of hydrogen-bond acceptors (Lipinski definition) is 5. The Morgan fingerprint density at radius 3 is 2.27 bits per heavy atom. The molecule has 30 heavy (non-hydrogen) atoms. The zero-order valence-corrected chi connectivity index (χ0v) is 17.1. The van der Waals surface area contributed by atoms with Crippen LogP contribution in [0.15, 0.2) is 47.4 Å². The number of Topliss-reactive ketones (excluding diaryl/α,β-unsaturated/α-hetero) is 1. The lowest BCUT2D eigenvalue weighted by Gasteiger charge is -2.30. The van der Waals surface area contributed by atoms with Gasteiger partial charge in [0.05, 0.1) is 10.8 Å². The molecule has 2 aromatic carbocycles. The third kappa shape index (κ3) is 4.91. The highest BCUT2D eigenvalue weighted by Gasteiger charge is 2.33. The molecule has 160 valence electrons. The minimum atomic E-state index is -3.64. The van der Waals surface area contributed by atoms with Gasteiger partial charge in [0, 0.05) is 18.7 Å². The molecule has 0 amide bonds. The van der Waals surface area contributed by atoms with Crippen molar-refractivity contribution >= 4 is 21.8 Å².